The van der Waals surface area contributed by atoms with Gasteiger partial charge >= 0.3 is 0 Å². The summed E-state index contributed by atoms with van der Waals surface area (Å²) in [5, 5.41) is 1.18. The first-order chi connectivity index (χ1) is 7.82. The number of hydrogen-bond donors (Lipinski definition) is 0. The highest BCUT2D eigenvalue weighted by molar-refractivity contribution is 7.73. The van der Waals surface area contributed by atoms with Gasteiger partial charge in [0, 0.05) is 16.6 Å². The molecule has 1 aromatic rings. The molecule has 2 heterocycles. The minimum absolute atomic E-state index is 0.554. The van der Waals surface area contributed by atoms with Crippen molar-refractivity contribution in [3.05, 3.63) is 30.3 Å². The zero-order valence-electron chi connectivity index (χ0n) is 9.38. The Morgan fingerprint density at radius 3 is 1.94 bits per heavy atom. The molecule has 16 heavy (non-hydrogen) atoms. The number of hydrogen-bond acceptors (Lipinski definition) is 1. The normalized spacial score (nSPS) is 48.8. The van der Waals surface area contributed by atoms with Gasteiger partial charge in [0.05, 0.1) is 0 Å². The van der Waals surface area contributed by atoms with Crippen LogP contribution in [0.15, 0.2) is 30.3 Å². The van der Waals surface area contributed by atoms with Gasteiger partial charge in [0.2, 0.25) is 0 Å². The Labute approximate surface area is 96.6 Å². The summed E-state index contributed by atoms with van der Waals surface area (Å²) in [6, 6.07) is 10.3. The maximum Gasteiger partial charge on any atom is 0.122 e. The van der Waals surface area contributed by atoms with E-state index in [0.717, 1.165) is 11.8 Å². The quantitative estimate of drug-likeness (QED) is 0.679. The predicted octanol–water partition coefficient (Wildman–Crippen LogP) is 3.25. The van der Waals surface area contributed by atoms with Crippen LogP contribution in [0.25, 0.3) is 0 Å². The maximum atomic E-state index is 13.4. The molecule has 0 radical (unpaired) electrons. The number of benzene rings is 1. The third-order valence-electron chi connectivity index (χ3n) is 5.28. The van der Waals surface area contributed by atoms with Crippen LogP contribution in [0.2, 0.25) is 0 Å². The van der Waals surface area contributed by atoms with Crippen LogP contribution in [0, 0.1) is 11.8 Å². The standard InChI is InChI=1S/C14H17OP/c15-16(10-4-2-1-3-5-10)13-8-9-14(16)12-7-6-11(12)13/h1-5,11-14H,6-9H2/t11-,12+,13-,14+,16?. The molecule has 2 bridgehead atoms. The van der Waals surface area contributed by atoms with Crippen LogP contribution in [-0.2, 0) is 4.57 Å². The van der Waals surface area contributed by atoms with Crippen molar-refractivity contribution in [2.45, 2.75) is 37.0 Å². The van der Waals surface area contributed by atoms with E-state index in [0.29, 0.717) is 11.3 Å². The fourth-order valence-corrected chi connectivity index (χ4v) is 9.36. The summed E-state index contributed by atoms with van der Waals surface area (Å²) in [6.45, 7) is 0. The zero-order chi connectivity index (χ0) is 10.8. The molecule has 2 saturated heterocycles. The third kappa shape index (κ3) is 0.926. The SMILES string of the molecule is O=P1(c2ccccc2)[C@@H]2CC[C@H]1[C@H]1CC[C@H]12. The maximum absolute atomic E-state index is 13.4. The second-order valence-electron chi connectivity index (χ2n) is 5.66. The second kappa shape index (κ2) is 3.01. The van der Waals surface area contributed by atoms with Crippen molar-refractivity contribution in [1.82, 2.24) is 0 Å². The minimum atomic E-state index is -2.04. The summed E-state index contributed by atoms with van der Waals surface area (Å²) in [6.07, 6.45) is 5.17. The molecule has 2 aliphatic heterocycles. The molecule has 5 atom stereocenters. The van der Waals surface area contributed by atoms with E-state index in [9.17, 15) is 4.57 Å². The van der Waals surface area contributed by atoms with Gasteiger partial charge in [0.1, 0.15) is 7.14 Å². The zero-order valence-corrected chi connectivity index (χ0v) is 10.3. The molecule has 1 aromatic carbocycles. The fraction of sp³-hybridized carbons (Fsp3) is 0.571. The molecular weight excluding hydrogens is 215 g/mol. The smallest absolute Gasteiger partial charge is 0.122 e. The van der Waals surface area contributed by atoms with E-state index in [-0.39, 0.29) is 0 Å². The van der Waals surface area contributed by atoms with E-state index >= 15 is 0 Å². The summed E-state index contributed by atoms with van der Waals surface area (Å²) in [5.41, 5.74) is 1.11. The monoisotopic (exact) mass is 232 g/mol. The van der Waals surface area contributed by atoms with E-state index < -0.39 is 7.14 Å². The highest BCUT2D eigenvalue weighted by atomic mass is 31.2. The van der Waals surface area contributed by atoms with Gasteiger partial charge in [-0.25, -0.2) is 0 Å². The molecule has 0 N–H and O–H groups in total. The third-order valence-corrected chi connectivity index (χ3v) is 9.63. The molecule has 0 amide bonds. The molecule has 1 aliphatic carbocycles. The van der Waals surface area contributed by atoms with Gasteiger partial charge in [-0.1, -0.05) is 30.3 Å². The van der Waals surface area contributed by atoms with E-state index in [1.165, 1.54) is 31.0 Å². The van der Waals surface area contributed by atoms with Crippen LogP contribution in [0.3, 0.4) is 0 Å². The molecule has 3 aliphatic rings. The summed E-state index contributed by atoms with van der Waals surface area (Å²) in [7, 11) is -2.04. The molecule has 1 nitrogen and oxygen atoms in total. The van der Waals surface area contributed by atoms with Crippen LogP contribution in [-0.4, -0.2) is 11.3 Å². The summed E-state index contributed by atoms with van der Waals surface area (Å²) >= 11 is 0. The Morgan fingerprint density at radius 1 is 0.875 bits per heavy atom. The van der Waals surface area contributed by atoms with E-state index in [1.54, 1.807) is 0 Å². The summed E-state index contributed by atoms with van der Waals surface area (Å²) in [5.74, 6) is 1.65. The lowest BCUT2D eigenvalue weighted by Gasteiger charge is -2.38. The van der Waals surface area contributed by atoms with Crippen molar-refractivity contribution in [3.8, 4) is 0 Å². The number of rotatable bonds is 1. The number of fused-ring (bicyclic) bond motifs is 5. The second-order valence-corrected chi connectivity index (χ2v) is 8.92. The van der Waals surface area contributed by atoms with Gasteiger partial charge in [-0.2, -0.15) is 0 Å². The molecule has 3 fully saturated rings. The summed E-state index contributed by atoms with van der Waals surface area (Å²) < 4.78 is 13.4. The van der Waals surface area contributed by atoms with Crippen LogP contribution >= 0.6 is 7.14 Å². The van der Waals surface area contributed by atoms with Crippen molar-refractivity contribution in [3.63, 3.8) is 0 Å². The Balaban J connectivity index is 1.86. The van der Waals surface area contributed by atoms with Gasteiger partial charge in [0.15, 0.2) is 0 Å². The Kier molecular flexibility index (Phi) is 1.79. The topological polar surface area (TPSA) is 17.1 Å². The van der Waals surface area contributed by atoms with E-state index in [2.05, 4.69) is 24.3 Å². The predicted molar refractivity (Wildman–Crippen MR) is 66.7 cm³/mol. The molecular formula is C14H17OP. The molecule has 1 unspecified atom stereocenters. The molecule has 4 rings (SSSR count). The molecule has 84 valence electrons. The van der Waals surface area contributed by atoms with Crippen molar-refractivity contribution >= 4 is 12.4 Å². The highest BCUT2D eigenvalue weighted by Gasteiger charge is 2.64. The largest absolute Gasteiger partial charge is 0.318 e. The van der Waals surface area contributed by atoms with Crippen LogP contribution in [0.1, 0.15) is 25.7 Å². The van der Waals surface area contributed by atoms with E-state index in [4.69, 9.17) is 0 Å². The Hall–Kier alpha value is -0.550. The Morgan fingerprint density at radius 2 is 1.44 bits per heavy atom. The fourth-order valence-electron chi connectivity index (χ4n) is 4.52. The molecule has 0 spiro atoms. The van der Waals surface area contributed by atoms with Gasteiger partial charge in [0.25, 0.3) is 0 Å². The van der Waals surface area contributed by atoms with Gasteiger partial charge in [-0.15, -0.1) is 0 Å². The average molecular weight is 232 g/mol. The minimum Gasteiger partial charge on any atom is -0.318 e. The molecule has 0 aromatic heterocycles. The average Bonchev–Trinajstić information content (AvgIpc) is 2.66. The first kappa shape index (κ1) is 9.48. The van der Waals surface area contributed by atoms with Crippen molar-refractivity contribution in [2.24, 2.45) is 11.8 Å². The van der Waals surface area contributed by atoms with Gasteiger partial charge in [-0.3, -0.25) is 0 Å². The lowest BCUT2D eigenvalue weighted by molar-refractivity contribution is 0.152. The van der Waals surface area contributed by atoms with E-state index in [1.807, 2.05) is 6.07 Å². The molecule has 1 saturated carbocycles. The van der Waals surface area contributed by atoms with Gasteiger partial charge < -0.3 is 4.57 Å². The Bertz CT molecular complexity index is 445. The molecule has 2 heteroatoms. The summed E-state index contributed by atoms with van der Waals surface area (Å²) in [4.78, 5) is 0. The van der Waals surface area contributed by atoms with Gasteiger partial charge in [-0.05, 0) is 37.5 Å². The first-order valence-electron chi connectivity index (χ1n) is 6.47. The van der Waals surface area contributed by atoms with Crippen molar-refractivity contribution in [1.29, 1.82) is 0 Å². The van der Waals surface area contributed by atoms with Crippen LogP contribution in [0.5, 0.6) is 0 Å². The lowest BCUT2D eigenvalue weighted by atomic mass is 9.66. The van der Waals surface area contributed by atoms with Crippen molar-refractivity contribution in [2.75, 3.05) is 0 Å². The van der Waals surface area contributed by atoms with Crippen molar-refractivity contribution < 1.29 is 4.57 Å². The van der Waals surface area contributed by atoms with Crippen LogP contribution in [0.4, 0.5) is 0 Å². The van der Waals surface area contributed by atoms with Crippen LogP contribution < -0.4 is 5.30 Å². The highest BCUT2D eigenvalue weighted by Crippen LogP contribution is 2.77. The first-order valence-corrected chi connectivity index (χ1v) is 8.31. The lowest BCUT2D eigenvalue weighted by Crippen LogP contribution is -2.35.